The Labute approximate surface area is 234 Å². The average Bonchev–Trinajstić information content (AvgIpc) is 2.93. The molecule has 5 N–H and O–H groups in total. The van der Waals surface area contributed by atoms with Crippen molar-refractivity contribution in [2.45, 2.75) is 66.3 Å². The Balaban J connectivity index is 0.00000269. The Bertz CT molecular complexity index is 1090. The Morgan fingerprint density at radius 1 is 1.23 bits per heavy atom. The first-order chi connectivity index (χ1) is 18.7. The minimum absolute atomic E-state index is 0.0561. The summed E-state index contributed by atoms with van der Waals surface area (Å²) >= 11 is 0. The summed E-state index contributed by atoms with van der Waals surface area (Å²) < 4.78 is 13.9. The van der Waals surface area contributed by atoms with Crippen LogP contribution in [0.4, 0.5) is 15.8 Å². The number of carboxylic acid groups (broad SMARTS) is 1. The van der Waals surface area contributed by atoms with Crippen LogP contribution in [0.25, 0.3) is 0 Å². The predicted octanol–water partition coefficient (Wildman–Crippen LogP) is 6.42. The molecule has 0 aliphatic carbocycles. The van der Waals surface area contributed by atoms with Gasteiger partial charge in [-0.25, -0.2) is 4.39 Å². The van der Waals surface area contributed by atoms with Gasteiger partial charge in [-0.3, -0.25) is 9.79 Å². The Morgan fingerprint density at radius 3 is 2.46 bits per heavy atom. The Kier molecular flexibility index (Phi) is 18.4. The van der Waals surface area contributed by atoms with Crippen molar-refractivity contribution in [2.24, 2.45) is 10.9 Å². The molecule has 2 aromatic carbocycles. The third-order valence-electron chi connectivity index (χ3n) is 5.82. The first-order valence-corrected chi connectivity index (χ1v) is 13.5. The lowest BCUT2D eigenvalue weighted by Crippen LogP contribution is -2.36. The number of nitrogen functional groups attached to an aromatic ring is 1. The molecule has 0 saturated heterocycles. The number of aryl methyl sites for hydroxylation is 1. The van der Waals surface area contributed by atoms with Crippen molar-refractivity contribution in [3.8, 4) is 6.07 Å². The van der Waals surface area contributed by atoms with E-state index in [0.29, 0.717) is 24.1 Å². The maximum atomic E-state index is 13.9. The summed E-state index contributed by atoms with van der Waals surface area (Å²) in [6, 6.07) is 13.2. The van der Waals surface area contributed by atoms with Gasteiger partial charge in [0.15, 0.2) is 0 Å². The van der Waals surface area contributed by atoms with E-state index in [1.54, 1.807) is 7.05 Å². The molecule has 2 atom stereocenters. The molecule has 0 radical (unpaired) electrons. The Morgan fingerprint density at radius 2 is 1.90 bits per heavy atom. The first kappa shape index (κ1) is 35.3. The molecule has 8 heteroatoms. The van der Waals surface area contributed by atoms with Crippen LogP contribution in [0.3, 0.4) is 0 Å². The van der Waals surface area contributed by atoms with E-state index in [1.807, 2.05) is 26.1 Å². The first-order valence-electron chi connectivity index (χ1n) is 13.5. The molecule has 0 fully saturated rings. The molecule has 0 aromatic heterocycles. The summed E-state index contributed by atoms with van der Waals surface area (Å²) in [6.45, 7) is 13.8. The number of halogens is 1. The van der Waals surface area contributed by atoms with Gasteiger partial charge in [-0.05, 0) is 53.5 Å². The monoisotopic (exact) mass is 539 g/mol. The molecule has 0 amide bonds. The number of rotatable bonds is 12. The van der Waals surface area contributed by atoms with Crippen LogP contribution in [0.15, 0.2) is 53.0 Å². The predicted molar refractivity (Wildman–Crippen MR) is 162 cm³/mol. The zero-order chi connectivity index (χ0) is 29.8. The van der Waals surface area contributed by atoms with Crippen LogP contribution >= 0.6 is 0 Å². The second-order valence-corrected chi connectivity index (χ2v) is 9.11. The van der Waals surface area contributed by atoms with Crippen molar-refractivity contribution < 1.29 is 14.3 Å². The molecule has 0 spiro atoms. The van der Waals surface area contributed by atoms with Crippen LogP contribution in [-0.2, 0) is 11.2 Å². The molecule has 39 heavy (non-hydrogen) atoms. The van der Waals surface area contributed by atoms with Crippen molar-refractivity contribution in [2.75, 3.05) is 31.2 Å². The van der Waals surface area contributed by atoms with E-state index < -0.39 is 5.82 Å². The lowest BCUT2D eigenvalue weighted by atomic mass is 9.96. The molecule has 7 nitrogen and oxygen atoms in total. The van der Waals surface area contributed by atoms with Crippen molar-refractivity contribution in [1.29, 1.82) is 5.26 Å². The van der Waals surface area contributed by atoms with Crippen LogP contribution in [0.1, 0.15) is 70.6 Å². The molecule has 214 valence electrons. The maximum absolute atomic E-state index is 13.9. The van der Waals surface area contributed by atoms with Gasteiger partial charge in [-0.1, -0.05) is 71.9 Å². The zero-order valence-corrected chi connectivity index (χ0v) is 24.5. The number of hydrogen-bond acceptors (Lipinski definition) is 6. The Hall–Kier alpha value is -3.70. The van der Waals surface area contributed by atoms with Crippen molar-refractivity contribution in [3.63, 3.8) is 0 Å². The van der Waals surface area contributed by atoms with Crippen molar-refractivity contribution in [3.05, 3.63) is 70.6 Å². The van der Waals surface area contributed by atoms with Crippen molar-refractivity contribution >= 4 is 24.1 Å². The van der Waals surface area contributed by atoms with E-state index in [0.717, 1.165) is 31.0 Å². The minimum atomic E-state index is -0.482. The molecule has 0 saturated carbocycles. The average molecular weight is 540 g/mol. The lowest BCUT2D eigenvalue weighted by molar-refractivity contribution is -0.122. The fraction of sp³-hybridized carbons (Fsp3) is 0.452. The van der Waals surface area contributed by atoms with Gasteiger partial charge in [0.1, 0.15) is 11.9 Å². The smallest absolute Gasteiger partial charge is 0.290 e. The number of nitriles is 1. The van der Waals surface area contributed by atoms with Crippen LogP contribution in [-0.4, -0.2) is 44.0 Å². The number of anilines is 2. The van der Waals surface area contributed by atoms with Gasteiger partial charge in [0.2, 0.25) is 0 Å². The lowest BCUT2D eigenvalue weighted by Gasteiger charge is -2.24. The number of nitrogens with one attached hydrogen (secondary N) is 2. The fourth-order valence-electron chi connectivity index (χ4n) is 3.93. The van der Waals surface area contributed by atoms with Gasteiger partial charge in [-0.15, -0.1) is 0 Å². The molecule has 0 aliphatic heterocycles. The number of aliphatic imine (C=N–C) groups is 1. The molecule has 0 bridgehead atoms. The highest BCUT2D eigenvalue weighted by atomic mass is 19.1. The molecule has 2 unspecified atom stereocenters. The molecule has 2 rings (SSSR count). The van der Waals surface area contributed by atoms with E-state index in [4.69, 9.17) is 15.6 Å². The maximum Gasteiger partial charge on any atom is 0.290 e. The third-order valence-corrected chi connectivity index (χ3v) is 5.82. The summed E-state index contributed by atoms with van der Waals surface area (Å²) in [7, 11) is 1.78. The summed E-state index contributed by atoms with van der Waals surface area (Å²) in [6.07, 6.45) is 5.89. The highest BCUT2D eigenvalue weighted by Gasteiger charge is 2.16. The van der Waals surface area contributed by atoms with E-state index in [9.17, 15) is 9.65 Å². The van der Waals surface area contributed by atoms with Crippen LogP contribution in [0.2, 0.25) is 0 Å². The van der Waals surface area contributed by atoms with E-state index in [2.05, 4.69) is 73.7 Å². The zero-order valence-electron chi connectivity index (χ0n) is 24.5. The molecular formula is C31H46FN5O2. The number of carbonyl (C=O) groups is 1. The topological polar surface area (TPSA) is 124 Å². The normalized spacial score (nSPS) is 12.5. The second kappa shape index (κ2) is 20.3. The van der Waals surface area contributed by atoms with Gasteiger partial charge in [0.25, 0.3) is 6.47 Å². The molecule has 0 aliphatic rings. The van der Waals surface area contributed by atoms with E-state index in [1.165, 1.54) is 17.2 Å². The fourth-order valence-corrected chi connectivity index (χ4v) is 3.93. The molecule has 0 heterocycles. The number of nitrogens with two attached hydrogens (primary N) is 1. The summed E-state index contributed by atoms with van der Waals surface area (Å²) in [4.78, 5) is 12.6. The van der Waals surface area contributed by atoms with E-state index in [-0.39, 0.29) is 23.8 Å². The van der Waals surface area contributed by atoms with Crippen LogP contribution < -0.4 is 16.4 Å². The van der Waals surface area contributed by atoms with Crippen molar-refractivity contribution in [1.82, 2.24) is 5.32 Å². The SMILES string of the molecule is CC.CCc1cccc(C(C)CNC(CCNc2cc(F)cc(C#N)c2N)/C(C=NC)=C/C(C)C)c1.O=CO. The largest absolute Gasteiger partial charge is 0.483 e. The van der Waals surface area contributed by atoms with Gasteiger partial charge >= 0.3 is 0 Å². The quantitative estimate of drug-likeness (QED) is 0.140. The number of nitrogens with zero attached hydrogens (tertiary/aromatic N) is 2. The number of hydrogen-bond donors (Lipinski definition) is 4. The minimum Gasteiger partial charge on any atom is -0.483 e. The third kappa shape index (κ3) is 13.1. The molecule has 2 aromatic rings. The number of benzene rings is 2. The highest BCUT2D eigenvalue weighted by molar-refractivity contribution is 5.80. The summed E-state index contributed by atoms with van der Waals surface area (Å²) in [5.74, 6) is 0.239. The van der Waals surface area contributed by atoms with Gasteiger partial charge in [0.05, 0.1) is 16.9 Å². The second-order valence-electron chi connectivity index (χ2n) is 9.11. The van der Waals surface area contributed by atoms with E-state index >= 15 is 0 Å². The summed E-state index contributed by atoms with van der Waals surface area (Å²) in [5, 5.41) is 23.0. The van der Waals surface area contributed by atoms with Gasteiger partial charge < -0.3 is 21.5 Å². The van der Waals surface area contributed by atoms with Gasteiger partial charge in [-0.2, -0.15) is 5.26 Å². The van der Waals surface area contributed by atoms with Gasteiger partial charge in [0, 0.05) is 32.4 Å². The highest BCUT2D eigenvalue weighted by Crippen LogP contribution is 2.24. The van der Waals surface area contributed by atoms with Crippen LogP contribution in [0.5, 0.6) is 0 Å². The van der Waals surface area contributed by atoms with Crippen LogP contribution in [0, 0.1) is 23.1 Å². The standard InChI is InChI=1S/C28H38FN5.C2H6.CH2O2/c1-6-21-8-7-9-22(13-21)20(4)17-34-26(24(18-32-5)12-19(2)3)10-11-33-27-15-25(29)14-23(16-30)28(27)31;1-2;2-1-3/h7-9,12-15,18-20,26,33-34H,6,10-11,17,31H2,1-5H3;1-2H3;1H,(H,2,3)/b24-12+,32-18?;;. The summed E-state index contributed by atoms with van der Waals surface area (Å²) in [5.41, 5.74) is 10.7. The molecular weight excluding hydrogens is 493 g/mol. The number of allylic oxidation sites excluding steroid dienone is 1.